The van der Waals surface area contributed by atoms with Crippen molar-refractivity contribution in [2.45, 2.75) is 63.8 Å². The summed E-state index contributed by atoms with van der Waals surface area (Å²) in [5.41, 5.74) is 2.30. The molecule has 0 atom stereocenters. The first-order valence-electron chi connectivity index (χ1n) is 13.7. The van der Waals surface area contributed by atoms with Crippen LogP contribution in [0.25, 0.3) is 0 Å². The van der Waals surface area contributed by atoms with E-state index in [4.69, 9.17) is 4.74 Å². The molecule has 0 saturated carbocycles. The lowest BCUT2D eigenvalue weighted by Crippen LogP contribution is -2.41. The predicted octanol–water partition coefficient (Wildman–Crippen LogP) is 5.92. The third-order valence-corrected chi connectivity index (χ3v) is 7.49. The van der Waals surface area contributed by atoms with Crippen LogP contribution in [0.3, 0.4) is 0 Å². The number of non-ortho nitro benzene ring substituents is 1. The third kappa shape index (κ3) is 10.8. The molecule has 0 heterocycles. The number of esters is 1. The number of likely N-dealkylation sites (N-methyl/N-ethyl adjacent to an activating group) is 1. The van der Waals surface area contributed by atoms with Crippen LogP contribution in [0.1, 0.15) is 68.6 Å². The lowest BCUT2D eigenvalue weighted by atomic mass is 9.78. The molecule has 0 unspecified atom stereocenters. The van der Waals surface area contributed by atoms with Crippen molar-refractivity contribution in [2.75, 3.05) is 27.2 Å². The number of aromatic hydroxyl groups is 1. The van der Waals surface area contributed by atoms with Gasteiger partial charge in [-0.2, -0.15) is 0 Å². The highest BCUT2D eigenvalue weighted by Crippen LogP contribution is 2.39. The molecule has 0 saturated heterocycles. The van der Waals surface area contributed by atoms with Crippen LogP contribution < -0.4 is 0 Å². The van der Waals surface area contributed by atoms with E-state index >= 15 is 0 Å². The second kappa shape index (κ2) is 13.7. The van der Waals surface area contributed by atoms with Crippen LogP contribution in [0.5, 0.6) is 5.75 Å². The van der Waals surface area contributed by atoms with Crippen molar-refractivity contribution in [2.24, 2.45) is 0 Å². The van der Waals surface area contributed by atoms with Crippen molar-refractivity contribution in [3.8, 4) is 5.75 Å². The molecule has 3 aromatic carbocycles. The van der Waals surface area contributed by atoms with Gasteiger partial charge in [-0.05, 0) is 29.0 Å². The van der Waals surface area contributed by atoms with Gasteiger partial charge in [-0.1, -0.05) is 77.9 Å². The molecule has 0 amide bonds. The minimum atomic E-state index is -4.61. The average molecular weight is 615 g/mol. The highest BCUT2D eigenvalue weighted by atomic mass is 32.2. The highest BCUT2D eigenvalue weighted by molar-refractivity contribution is 7.85. The second-order valence-electron chi connectivity index (χ2n) is 13.1. The molecule has 0 aromatic heterocycles. The molecule has 0 fully saturated rings. The Hall–Kier alpha value is -3.80. The van der Waals surface area contributed by atoms with Crippen molar-refractivity contribution >= 4 is 21.8 Å². The Morgan fingerprint density at radius 1 is 0.907 bits per heavy atom. The molecule has 0 aliphatic carbocycles. The molecule has 3 aromatic rings. The number of phenolic OH excluding ortho intramolecular Hbond substituents is 1. The second-order valence-corrected chi connectivity index (χ2v) is 14.4. The Kier molecular flexibility index (Phi) is 11.2. The normalized spacial score (nSPS) is 12.2. The van der Waals surface area contributed by atoms with E-state index in [1.807, 2.05) is 59.7 Å². The van der Waals surface area contributed by atoms with E-state index in [9.17, 15) is 33.0 Å². The third-order valence-electron chi connectivity index (χ3n) is 6.66. The smallest absolute Gasteiger partial charge is 0.338 e. The summed E-state index contributed by atoms with van der Waals surface area (Å²) in [5.74, 6) is -0.0714. The lowest BCUT2D eigenvalue weighted by Gasteiger charge is -2.30. The number of carbonyl (C=O) groups excluding carboxylic acids is 1. The minimum Gasteiger partial charge on any atom is -0.744 e. The van der Waals surface area contributed by atoms with Gasteiger partial charge in [0.1, 0.15) is 35.6 Å². The van der Waals surface area contributed by atoms with Crippen molar-refractivity contribution < 1.29 is 37.0 Å². The fraction of sp³-hybridized carbons (Fsp3) is 0.406. The average Bonchev–Trinajstić information content (AvgIpc) is 2.87. The van der Waals surface area contributed by atoms with Crippen LogP contribution in [0.2, 0.25) is 0 Å². The standard InChI is InChI=1S/C26H37NO3.C6H5NO5S/c1-25(2,3)21-16-20(17-22(23(21)28)26(4,5)6)24(29)30-15-14-27(7,8)18-19-12-10-9-11-13-19;8-7(9)5-2-1-3-6(4-5)13(10,11)12/h9-13,16-17H,14-15,18H2,1-8H3;1-4H,(H,10,11,12). The molecule has 1 N–H and O–H groups in total. The minimum absolute atomic E-state index is 0.271. The Bertz CT molecular complexity index is 1500. The molecule has 0 radical (unpaired) electrons. The maximum Gasteiger partial charge on any atom is 0.338 e. The van der Waals surface area contributed by atoms with Crippen LogP contribution in [-0.2, 0) is 32.2 Å². The number of rotatable bonds is 8. The van der Waals surface area contributed by atoms with E-state index in [0.717, 1.165) is 53.0 Å². The Labute approximate surface area is 254 Å². The van der Waals surface area contributed by atoms with Crippen molar-refractivity contribution in [1.29, 1.82) is 0 Å². The summed E-state index contributed by atoms with van der Waals surface area (Å²) < 4.78 is 37.7. The predicted molar refractivity (Wildman–Crippen MR) is 164 cm³/mol. The van der Waals surface area contributed by atoms with Crippen molar-refractivity contribution in [1.82, 2.24) is 0 Å². The lowest BCUT2D eigenvalue weighted by molar-refractivity contribution is -0.903. The molecule has 0 spiro atoms. The van der Waals surface area contributed by atoms with Gasteiger partial charge in [0.25, 0.3) is 5.69 Å². The van der Waals surface area contributed by atoms with Gasteiger partial charge in [-0.3, -0.25) is 10.1 Å². The molecule has 11 heteroatoms. The van der Waals surface area contributed by atoms with Crippen LogP contribution >= 0.6 is 0 Å². The van der Waals surface area contributed by atoms with Crippen molar-refractivity contribution in [3.05, 3.63) is 99.1 Å². The maximum absolute atomic E-state index is 12.8. The number of nitro benzene ring substituents is 1. The van der Waals surface area contributed by atoms with Gasteiger partial charge >= 0.3 is 5.97 Å². The van der Waals surface area contributed by atoms with Gasteiger partial charge in [0.15, 0.2) is 0 Å². The number of nitro groups is 1. The SMILES string of the molecule is CC(C)(C)c1cc(C(=O)OCC[N+](C)(C)Cc2ccccc2)cc(C(C)(C)C)c1O.O=[N+]([O-])c1cccc(S(=O)(=O)[O-])c1. The van der Waals surface area contributed by atoms with Gasteiger partial charge in [0.05, 0.1) is 29.5 Å². The topological polar surface area (TPSA) is 147 Å². The molecule has 43 heavy (non-hydrogen) atoms. The largest absolute Gasteiger partial charge is 0.744 e. The molecular weight excluding hydrogens is 572 g/mol. The molecule has 0 aliphatic heterocycles. The van der Waals surface area contributed by atoms with Crippen LogP contribution in [0.15, 0.2) is 71.6 Å². The fourth-order valence-electron chi connectivity index (χ4n) is 4.27. The zero-order valence-electron chi connectivity index (χ0n) is 26.1. The number of phenols is 1. The Balaban J connectivity index is 0.000000413. The number of benzene rings is 3. The summed E-state index contributed by atoms with van der Waals surface area (Å²) in [7, 11) is -0.342. The first-order chi connectivity index (χ1) is 19.6. The number of hydrogen-bond acceptors (Lipinski definition) is 8. The molecule has 234 valence electrons. The Morgan fingerprint density at radius 2 is 1.44 bits per heavy atom. The molecule has 3 rings (SSSR count). The van der Waals surface area contributed by atoms with Crippen molar-refractivity contribution in [3.63, 3.8) is 0 Å². The molecular formula is C32H42N2O8S. The monoisotopic (exact) mass is 614 g/mol. The zero-order chi connectivity index (χ0) is 32.8. The van der Waals surface area contributed by atoms with Crippen LogP contribution in [-0.4, -0.2) is 60.7 Å². The quantitative estimate of drug-likeness (QED) is 0.108. The van der Waals surface area contributed by atoms with Gasteiger partial charge in [0, 0.05) is 28.8 Å². The number of carbonyl (C=O) groups is 1. The zero-order valence-corrected chi connectivity index (χ0v) is 26.9. The summed E-state index contributed by atoms with van der Waals surface area (Å²) in [6, 6.07) is 17.9. The summed E-state index contributed by atoms with van der Waals surface area (Å²) in [6.07, 6.45) is 0. The summed E-state index contributed by atoms with van der Waals surface area (Å²) in [5, 5.41) is 21.0. The van der Waals surface area contributed by atoms with Crippen LogP contribution in [0, 0.1) is 10.1 Å². The number of nitrogens with zero attached hydrogens (tertiary/aromatic N) is 2. The highest BCUT2D eigenvalue weighted by Gasteiger charge is 2.28. The van der Waals surface area contributed by atoms with Crippen LogP contribution in [0.4, 0.5) is 5.69 Å². The van der Waals surface area contributed by atoms with E-state index in [-0.39, 0.29) is 22.5 Å². The summed E-state index contributed by atoms with van der Waals surface area (Å²) >= 11 is 0. The van der Waals surface area contributed by atoms with E-state index < -0.39 is 25.6 Å². The van der Waals surface area contributed by atoms with Gasteiger partial charge in [0.2, 0.25) is 0 Å². The molecule has 0 bridgehead atoms. The molecule has 10 nitrogen and oxygen atoms in total. The van der Waals surface area contributed by atoms with E-state index in [1.165, 1.54) is 5.56 Å². The summed E-state index contributed by atoms with van der Waals surface area (Å²) in [4.78, 5) is 21.7. The summed E-state index contributed by atoms with van der Waals surface area (Å²) in [6.45, 7) is 14.1. The van der Waals surface area contributed by atoms with E-state index in [2.05, 4.69) is 26.2 Å². The first kappa shape index (κ1) is 35.4. The van der Waals surface area contributed by atoms with Gasteiger partial charge in [-0.25, -0.2) is 13.2 Å². The first-order valence-corrected chi connectivity index (χ1v) is 15.1. The van der Waals surface area contributed by atoms with Gasteiger partial charge in [-0.15, -0.1) is 0 Å². The van der Waals surface area contributed by atoms with E-state index in [1.54, 1.807) is 12.1 Å². The van der Waals surface area contributed by atoms with Gasteiger partial charge < -0.3 is 18.9 Å². The number of hydrogen-bond donors (Lipinski definition) is 1. The Morgan fingerprint density at radius 3 is 1.91 bits per heavy atom. The maximum atomic E-state index is 12.8. The fourth-order valence-corrected chi connectivity index (χ4v) is 4.78. The number of ether oxygens (including phenoxy) is 1. The number of quaternary nitrogens is 1. The van der Waals surface area contributed by atoms with E-state index in [0.29, 0.717) is 12.2 Å². The molecule has 0 aliphatic rings.